The van der Waals surface area contributed by atoms with Crippen molar-refractivity contribution in [2.45, 2.75) is 45.3 Å². The molecule has 0 aromatic carbocycles. The van der Waals surface area contributed by atoms with Crippen molar-refractivity contribution in [1.29, 1.82) is 0 Å². The van der Waals surface area contributed by atoms with Crippen LogP contribution < -0.4 is 16.4 Å². The first-order valence-corrected chi connectivity index (χ1v) is 7.36. The Balaban J connectivity index is 2.15. The predicted octanol–water partition coefficient (Wildman–Crippen LogP) is 0.770. The molecule has 0 unspecified atom stereocenters. The van der Waals surface area contributed by atoms with Gasteiger partial charge in [-0.1, -0.05) is 6.92 Å². The largest absolute Gasteiger partial charge is 0.393 e. The molecule has 0 radical (unpaired) electrons. The van der Waals surface area contributed by atoms with Crippen molar-refractivity contribution in [3.63, 3.8) is 0 Å². The highest BCUT2D eigenvalue weighted by Crippen LogP contribution is 2.27. The molecule has 1 amide bonds. The predicted molar refractivity (Wildman–Crippen MR) is 80.9 cm³/mol. The van der Waals surface area contributed by atoms with E-state index >= 15 is 0 Å². The fourth-order valence-corrected chi connectivity index (χ4v) is 2.55. The third kappa shape index (κ3) is 3.81. The van der Waals surface area contributed by atoms with E-state index < -0.39 is 0 Å². The Morgan fingerprint density at radius 2 is 2.29 bits per heavy atom. The van der Waals surface area contributed by atoms with Gasteiger partial charge in [0.15, 0.2) is 0 Å². The molecule has 2 rings (SSSR count). The Morgan fingerprint density at radius 3 is 2.95 bits per heavy atom. The highest BCUT2D eigenvalue weighted by atomic mass is 16.3. The number of hydrogen-bond donors (Lipinski definition) is 4. The number of aliphatic hydroxyl groups excluding tert-OH is 1. The van der Waals surface area contributed by atoms with Crippen molar-refractivity contribution >= 4 is 17.7 Å². The SMILES string of the molecule is CCNC(=O)c1cnc(N)nc1N[C@@H]1CC[C@@H](C)[C@H](O)C1. The number of nitrogens with one attached hydrogen (secondary N) is 2. The van der Waals surface area contributed by atoms with Gasteiger partial charge < -0.3 is 21.5 Å². The third-order valence-electron chi connectivity index (χ3n) is 3.88. The van der Waals surface area contributed by atoms with Crippen LogP contribution in [0, 0.1) is 5.92 Å². The molecule has 0 bridgehead atoms. The molecule has 1 aromatic heterocycles. The van der Waals surface area contributed by atoms with Crippen LogP contribution in [-0.4, -0.2) is 39.7 Å². The lowest BCUT2D eigenvalue weighted by molar-refractivity contribution is 0.0739. The number of nitrogens with two attached hydrogens (primary N) is 1. The maximum Gasteiger partial charge on any atom is 0.256 e. The summed E-state index contributed by atoms with van der Waals surface area (Å²) in [7, 11) is 0. The zero-order valence-electron chi connectivity index (χ0n) is 12.5. The van der Waals surface area contributed by atoms with Gasteiger partial charge in [-0.3, -0.25) is 4.79 Å². The number of carbonyl (C=O) groups excluding carboxylic acids is 1. The van der Waals surface area contributed by atoms with E-state index in [4.69, 9.17) is 5.73 Å². The minimum Gasteiger partial charge on any atom is -0.393 e. The summed E-state index contributed by atoms with van der Waals surface area (Å²) >= 11 is 0. The second-order valence-corrected chi connectivity index (χ2v) is 5.55. The summed E-state index contributed by atoms with van der Waals surface area (Å²) in [6.07, 6.45) is 3.60. The average Bonchev–Trinajstić information content (AvgIpc) is 2.43. The number of amides is 1. The first-order chi connectivity index (χ1) is 10.0. The molecule has 1 aliphatic carbocycles. The third-order valence-corrected chi connectivity index (χ3v) is 3.88. The van der Waals surface area contributed by atoms with Crippen LogP contribution in [0.15, 0.2) is 6.20 Å². The first kappa shape index (κ1) is 15.5. The van der Waals surface area contributed by atoms with Crippen LogP contribution in [0.5, 0.6) is 0 Å². The van der Waals surface area contributed by atoms with E-state index in [0.29, 0.717) is 30.3 Å². The number of aliphatic hydroxyl groups is 1. The molecule has 1 fully saturated rings. The monoisotopic (exact) mass is 293 g/mol. The van der Waals surface area contributed by atoms with Gasteiger partial charge in [-0.2, -0.15) is 4.98 Å². The number of nitrogen functional groups attached to an aromatic ring is 1. The number of carbonyl (C=O) groups is 1. The zero-order chi connectivity index (χ0) is 15.4. The smallest absolute Gasteiger partial charge is 0.256 e. The van der Waals surface area contributed by atoms with Gasteiger partial charge in [0.25, 0.3) is 5.91 Å². The van der Waals surface area contributed by atoms with E-state index in [2.05, 4.69) is 20.6 Å². The van der Waals surface area contributed by atoms with Crippen LogP contribution in [-0.2, 0) is 0 Å². The van der Waals surface area contributed by atoms with Gasteiger partial charge in [-0.15, -0.1) is 0 Å². The highest BCUT2D eigenvalue weighted by Gasteiger charge is 2.27. The molecule has 21 heavy (non-hydrogen) atoms. The summed E-state index contributed by atoms with van der Waals surface area (Å²) in [6, 6.07) is 0.0821. The van der Waals surface area contributed by atoms with E-state index in [1.165, 1.54) is 6.20 Å². The molecule has 1 aromatic rings. The van der Waals surface area contributed by atoms with E-state index in [9.17, 15) is 9.90 Å². The van der Waals surface area contributed by atoms with Crippen LogP contribution in [0.1, 0.15) is 43.5 Å². The van der Waals surface area contributed by atoms with Gasteiger partial charge in [0.2, 0.25) is 5.95 Å². The number of hydrogen-bond acceptors (Lipinski definition) is 6. The van der Waals surface area contributed by atoms with Gasteiger partial charge in [0, 0.05) is 18.8 Å². The topological polar surface area (TPSA) is 113 Å². The van der Waals surface area contributed by atoms with E-state index in [0.717, 1.165) is 12.8 Å². The molecule has 0 saturated heterocycles. The molecule has 5 N–H and O–H groups in total. The molecule has 116 valence electrons. The molecule has 1 aliphatic rings. The summed E-state index contributed by atoms with van der Waals surface area (Å²) < 4.78 is 0. The van der Waals surface area contributed by atoms with Crippen molar-refractivity contribution < 1.29 is 9.90 Å². The Hall–Kier alpha value is -1.89. The normalized spacial score (nSPS) is 25.4. The maximum atomic E-state index is 12.0. The summed E-state index contributed by atoms with van der Waals surface area (Å²) in [5, 5.41) is 15.9. The Kier molecular flexibility index (Phi) is 4.95. The molecule has 1 heterocycles. The van der Waals surface area contributed by atoms with E-state index in [1.54, 1.807) is 0 Å². The molecular formula is C14H23N5O2. The van der Waals surface area contributed by atoms with Crippen molar-refractivity contribution in [3.8, 4) is 0 Å². The molecule has 0 aliphatic heterocycles. The second-order valence-electron chi connectivity index (χ2n) is 5.55. The highest BCUT2D eigenvalue weighted by molar-refractivity contribution is 5.98. The summed E-state index contributed by atoms with van der Waals surface area (Å²) in [5.41, 5.74) is 5.99. The summed E-state index contributed by atoms with van der Waals surface area (Å²) in [5.74, 6) is 0.626. The Morgan fingerprint density at radius 1 is 1.52 bits per heavy atom. The summed E-state index contributed by atoms with van der Waals surface area (Å²) in [4.78, 5) is 20.0. The van der Waals surface area contributed by atoms with Crippen LogP contribution >= 0.6 is 0 Å². The van der Waals surface area contributed by atoms with Crippen molar-refractivity contribution in [2.24, 2.45) is 5.92 Å². The minimum atomic E-state index is -0.330. The number of anilines is 2. The molecule has 3 atom stereocenters. The lowest BCUT2D eigenvalue weighted by Crippen LogP contribution is -2.36. The van der Waals surface area contributed by atoms with Gasteiger partial charge >= 0.3 is 0 Å². The number of aromatic nitrogens is 2. The Bertz CT molecular complexity index is 508. The summed E-state index contributed by atoms with van der Waals surface area (Å²) in [6.45, 7) is 4.42. The molecule has 1 saturated carbocycles. The zero-order valence-corrected chi connectivity index (χ0v) is 12.5. The number of nitrogens with zero attached hydrogens (tertiary/aromatic N) is 2. The fourth-order valence-electron chi connectivity index (χ4n) is 2.55. The van der Waals surface area contributed by atoms with E-state index in [-0.39, 0.29) is 24.0 Å². The van der Waals surface area contributed by atoms with Crippen molar-refractivity contribution in [3.05, 3.63) is 11.8 Å². The van der Waals surface area contributed by atoms with Gasteiger partial charge in [-0.25, -0.2) is 4.98 Å². The average molecular weight is 293 g/mol. The van der Waals surface area contributed by atoms with E-state index in [1.807, 2.05) is 13.8 Å². The van der Waals surface area contributed by atoms with Gasteiger partial charge in [0.1, 0.15) is 11.4 Å². The molecule has 7 heteroatoms. The second kappa shape index (κ2) is 6.71. The molecule has 0 spiro atoms. The standard InChI is InChI=1S/C14H23N5O2/c1-3-16-13(21)10-7-17-14(15)19-12(10)18-9-5-4-8(2)11(20)6-9/h7-9,11,20H,3-6H2,1-2H3,(H,16,21)(H3,15,17,18,19)/t8-,9-,11-/m1/s1. The van der Waals surface area contributed by atoms with Crippen molar-refractivity contribution in [1.82, 2.24) is 15.3 Å². The lowest BCUT2D eigenvalue weighted by Gasteiger charge is -2.32. The van der Waals surface area contributed by atoms with Crippen LogP contribution in [0.3, 0.4) is 0 Å². The lowest BCUT2D eigenvalue weighted by atomic mass is 9.85. The fraction of sp³-hybridized carbons (Fsp3) is 0.643. The van der Waals surface area contributed by atoms with Crippen molar-refractivity contribution in [2.75, 3.05) is 17.6 Å². The van der Waals surface area contributed by atoms with Crippen LogP contribution in [0.2, 0.25) is 0 Å². The quantitative estimate of drug-likeness (QED) is 0.652. The van der Waals surface area contributed by atoms with Crippen LogP contribution in [0.4, 0.5) is 11.8 Å². The maximum absolute atomic E-state index is 12.0. The van der Waals surface area contributed by atoms with Gasteiger partial charge in [-0.05, 0) is 32.1 Å². The van der Waals surface area contributed by atoms with Gasteiger partial charge in [0.05, 0.1) is 6.10 Å². The number of rotatable bonds is 4. The minimum absolute atomic E-state index is 0.0821. The van der Waals surface area contributed by atoms with Crippen LogP contribution in [0.25, 0.3) is 0 Å². The molecular weight excluding hydrogens is 270 g/mol. The Labute approximate surface area is 124 Å². The molecule has 7 nitrogen and oxygen atoms in total. The first-order valence-electron chi connectivity index (χ1n) is 7.36.